The number of oxime groups is 1. The summed E-state index contributed by atoms with van der Waals surface area (Å²) in [6.45, 7) is -0.367. The molecule has 0 bridgehead atoms. The Morgan fingerprint density at radius 3 is 2.62 bits per heavy atom. The topological polar surface area (TPSA) is 104 Å². The van der Waals surface area contributed by atoms with E-state index in [2.05, 4.69) is 10.1 Å². The van der Waals surface area contributed by atoms with Gasteiger partial charge in [-0.3, -0.25) is 4.98 Å². The highest BCUT2D eigenvalue weighted by atomic mass is 35.5. The fourth-order valence-corrected chi connectivity index (χ4v) is 4.28. The van der Waals surface area contributed by atoms with Crippen molar-refractivity contribution in [1.29, 1.82) is 0 Å². The van der Waals surface area contributed by atoms with Gasteiger partial charge >= 0.3 is 0 Å². The van der Waals surface area contributed by atoms with Crippen molar-refractivity contribution in [1.82, 2.24) is 4.98 Å². The number of nitrogens with zero attached hydrogens (tertiary/aromatic N) is 2. The van der Waals surface area contributed by atoms with Crippen molar-refractivity contribution in [3.05, 3.63) is 99.8 Å². The van der Waals surface area contributed by atoms with Gasteiger partial charge in [0.2, 0.25) is 0 Å². The Bertz CT molecular complexity index is 1120. The van der Waals surface area contributed by atoms with Gasteiger partial charge in [-0.25, -0.2) is 0 Å². The summed E-state index contributed by atoms with van der Waals surface area (Å²) in [5.74, 6) is 0. The van der Waals surface area contributed by atoms with Crippen molar-refractivity contribution in [3.8, 4) is 0 Å². The zero-order valence-electron chi connectivity index (χ0n) is 18.7. The molecule has 0 saturated carbocycles. The first-order valence-electron chi connectivity index (χ1n) is 11.0. The Morgan fingerprint density at radius 1 is 1.15 bits per heavy atom. The number of ether oxygens (including phenoxy) is 1. The SMILES string of the molecule is CO/N=C(/c1ccc(Cc2cc(C3CC(O)[C@H](O)C(CO)O3)ccc2Cl)cc1)c1ccccn1. The van der Waals surface area contributed by atoms with Crippen molar-refractivity contribution < 1.29 is 24.9 Å². The molecule has 1 aliphatic rings. The van der Waals surface area contributed by atoms with Gasteiger partial charge in [0, 0.05) is 23.2 Å². The molecule has 1 saturated heterocycles. The predicted molar refractivity (Wildman–Crippen MR) is 129 cm³/mol. The number of hydrogen-bond acceptors (Lipinski definition) is 7. The van der Waals surface area contributed by atoms with Crippen LogP contribution >= 0.6 is 11.6 Å². The van der Waals surface area contributed by atoms with E-state index in [1.54, 1.807) is 12.3 Å². The van der Waals surface area contributed by atoms with E-state index in [0.717, 1.165) is 22.3 Å². The molecule has 2 heterocycles. The minimum Gasteiger partial charge on any atom is -0.399 e. The Balaban J connectivity index is 1.53. The molecule has 1 fully saturated rings. The summed E-state index contributed by atoms with van der Waals surface area (Å²) in [6, 6.07) is 19.2. The number of aliphatic hydroxyl groups excluding tert-OH is 3. The van der Waals surface area contributed by atoms with Crippen molar-refractivity contribution in [2.24, 2.45) is 5.16 Å². The molecule has 7 nitrogen and oxygen atoms in total. The third kappa shape index (κ3) is 5.46. The Labute approximate surface area is 203 Å². The molecule has 1 aliphatic heterocycles. The van der Waals surface area contributed by atoms with Crippen LogP contribution in [-0.2, 0) is 16.0 Å². The molecule has 8 heteroatoms. The van der Waals surface area contributed by atoms with E-state index in [1.165, 1.54) is 7.11 Å². The average Bonchev–Trinajstić information content (AvgIpc) is 2.86. The second-order valence-corrected chi connectivity index (χ2v) is 8.61. The lowest BCUT2D eigenvalue weighted by molar-refractivity contribution is -0.181. The lowest BCUT2D eigenvalue weighted by atomic mass is 9.92. The number of aliphatic hydroxyl groups is 3. The average molecular weight is 483 g/mol. The quantitative estimate of drug-likeness (QED) is 0.352. The van der Waals surface area contributed by atoms with Gasteiger partial charge in [-0.2, -0.15) is 0 Å². The molecule has 2 aromatic carbocycles. The van der Waals surface area contributed by atoms with E-state index in [-0.39, 0.29) is 13.0 Å². The molecule has 178 valence electrons. The number of halogens is 1. The van der Waals surface area contributed by atoms with Gasteiger partial charge in [-0.05, 0) is 41.3 Å². The molecule has 0 aliphatic carbocycles. The van der Waals surface area contributed by atoms with Crippen LogP contribution in [0.3, 0.4) is 0 Å². The highest BCUT2D eigenvalue weighted by molar-refractivity contribution is 6.31. The molecule has 3 aromatic rings. The zero-order valence-corrected chi connectivity index (χ0v) is 19.5. The third-order valence-electron chi connectivity index (χ3n) is 5.90. The van der Waals surface area contributed by atoms with E-state index >= 15 is 0 Å². The van der Waals surface area contributed by atoms with Crippen molar-refractivity contribution in [2.75, 3.05) is 13.7 Å². The second-order valence-electron chi connectivity index (χ2n) is 8.20. The number of rotatable bonds is 7. The monoisotopic (exact) mass is 482 g/mol. The molecule has 1 aromatic heterocycles. The van der Waals surface area contributed by atoms with Crippen molar-refractivity contribution >= 4 is 17.3 Å². The van der Waals surface area contributed by atoms with Gasteiger partial charge in [0.15, 0.2) is 0 Å². The molecule has 4 atom stereocenters. The lowest BCUT2D eigenvalue weighted by Gasteiger charge is -2.36. The summed E-state index contributed by atoms with van der Waals surface area (Å²) in [5.41, 5.74) is 5.03. The fourth-order valence-electron chi connectivity index (χ4n) is 4.09. The molecule has 34 heavy (non-hydrogen) atoms. The van der Waals surface area contributed by atoms with Gasteiger partial charge in [0.1, 0.15) is 25.0 Å². The molecule has 0 spiro atoms. The molecular weight excluding hydrogens is 456 g/mol. The van der Waals surface area contributed by atoms with Crippen LogP contribution in [0.15, 0.2) is 72.0 Å². The summed E-state index contributed by atoms with van der Waals surface area (Å²) >= 11 is 6.48. The normalized spacial score (nSPS) is 23.0. The van der Waals surface area contributed by atoms with Gasteiger partial charge in [0.25, 0.3) is 0 Å². The van der Waals surface area contributed by atoms with E-state index in [9.17, 15) is 15.3 Å². The van der Waals surface area contributed by atoms with Gasteiger partial charge in [-0.1, -0.05) is 59.2 Å². The van der Waals surface area contributed by atoms with Crippen LogP contribution in [0.4, 0.5) is 0 Å². The fraction of sp³-hybridized carbons (Fsp3) is 0.308. The minimum absolute atomic E-state index is 0.239. The molecular formula is C26H27ClN2O5. The maximum absolute atomic E-state index is 10.2. The largest absolute Gasteiger partial charge is 0.399 e. The highest BCUT2D eigenvalue weighted by Gasteiger charge is 2.37. The third-order valence-corrected chi connectivity index (χ3v) is 6.27. The Hall–Kier alpha value is -2.81. The van der Waals surface area contributed by atoms with Crippen LogP contribution in [0.2, 0.25) is 5.02 Å². The first-order chi connectivity index (χ1) is 16.5. The first kappa shape index (κ1) is 24.3. The van der Waals surface area contributed by atoms with E-state index in [1.807, 2.05) is 54.6 Å². The van der Waals surface area contributed by atoms with Crippen LogP contribution in [0.1, 0.15) is 40.5 Å². The summed E-state index contributed by atoms with van der Waals surface area (Å²) in [4.78, 5) is 9.39. The van der Waals surface area contributed by atoms with Crippen LogP contribution < -0.4 is 0 Å². The van der Waals surface area contributed by atoms with Crippen molar-refractivity contribution in [3.63, 3.8) is 0 Å². The van der Waals surface area contributed by atoms with E-state index in [4.69, 9.17) is 21.2 Å². The number of pyridine rings is 1. The first-order valence-corrected chi connectivity index (χ1v) is 11.4. The van der Waals surface area contributed by atoms with Gasteiger partial charge < -0.3 is 24.9 Å². The van der Waals surface area contributed by atoms with Gasteiger partial charge in [-0.15, -0.1) is 0 Å². The van der Waals surface area contributed by atoms with Crippen LogP contribution in [0.5, 0.6) is 0 Å². The van der Waals surface area contributed by atoms with Crippen molar-refractivity contribution in [2.45, 2.75) is 37.3 Å². The summed E-state index contributed by atoms with van der Waals surface area (Å²) < 4.78 is 5.82. The maximum Gasteiger partial charge on any atom is 0.135 e. The zero-order chi connectivity index (χ0) is 24.1. The van der Waals surface area contributed by atoms with Crippen LogP contribution in [0.25, 0.3) is 0 Å². The molecule has 0 radical (unpaired) electrons. The summed E-state index contributed by atoms with van der Waals surface area (Å²) in [6.07, 6.45) is -0.809. The number of benzene rings is 2. The van der Waals surface area contributed by atoms with E-state index < -0.39 is 24.4 Å². The molecule has 0 amide bonds. The van der Waals surface area contributed by atoms with Gasteiger partial charge in [0.05, 0.1) is 24.5 Å². The maximum atomic E-state index is 10.2. The van der Waals surface area contributed by atoms with Crippen LogP contribution in [0, 0.1) is 0 Å². The Morgan fingerprint density at radius 2 is 1.94 bits per heavy atom. The number of aromatic nitrogens is 1. The van der Waals surface area contributed by atoms with E-state index in [0.29, 0.717) is 22.8 Å². The predicted octanol–water partition coefficient (Wildman–Crippen LogP) is 3.27. The molecule has 3 unspecified atom stereocenters. The smallest absolute Gasteiger partial charge is 0.135 e. The minimum atomic E-state index is -1.11. The Kier molecular flexibility index (Phi) is 7.92. The summed E-state index contributed by atoms with van der Waals surface area (Å²) in [7, 11) is 1.50. The standard InChI is InChI=1S/C26H27ClN2O5/c1-33-29-25(21-4-2-3-11-28-21)17-7-5-16(6-8-17)12-19-13-18(9-10-20(19)27)23-14-22(31)26(32)24(15-30)34-23/h2-11,13,22-24,26,30-32H,12,14-15H2,1H3/b29-25-/t22?,23?,24?,26-/m0/s1. The summed E-state index contributed by atoms with van der Waals surface area (Å²) in [5, 5.41) is 34.4. The molecule has 4 rings (SSSR count). The van der Waals surface area contributed by atoms with Crippen LogP contribution in [-0.4, -0.2) is 58.0 Å². The second kappa shape index (κ2) is 11.1. The lowest BCUT2D eigenvalue weighted by Crippen LogP contribution is -2.47. The highest BCUT2D eigenvalue weighted by Crippen LogP contribution is 2.34. The molecule has 3 N–H and O–H groups in total. The number of hydrogen-bond donors (Lipinski definition) is 3.